The molecule has 0 aliphatic heterocycles. The van der Waals surface area contributed by atoms with Gasteiger partial charge in [0.05, 0.1) is 5.54 Å². The summed E-state index contributed by atoms with van der Waals surface area (Å²) < 4.78 is 0. The molecule has 0 aliphatic carbocycles. The fourth-order valence-corrected chi connectivity index (χ4v) is 2.17. The Morgan fingerprint density at radius 3 is 2.06 bits per heavy atom. The number of benzene rings is 1. The van der Waals surface area contributed by atoms with Gasteiger partial charge >= 0.3 is 0 Å². The SMILES string of the molecule is C=CCC(CC=C)(C(=O)c1ccccc1)N(C)C. The molecule has 1 rings (SSSR count). The summed E-state index contributed by atoms with van der Waals surface area (Å²) in [6.07, 6.45) is 4.81. The Morgan fingerprint density at radius 2 is 1.67 bits per heavy atom. The lowest BCUT2D eigenvalue weighted by Gasteiger charge is -2.37. The molecule has 0 atom stereocenters. The molecule has 2 nitrogen and oxygen atoms in total. The van der Waals surface area contributed by atoms with Gasteiger partial charge in [-0.05, 0) is 26.9 Å². The number of carbonyl (C=O) groups is 1. The summed E-state index contributed by atoms with van der Waals surface area (Å²) in [6, 6.07) is 9.39. The summed E-state index contributed by atoms with van der Waals surface area (Å²) in [7, 11) is 3.85. The maximum Gasteiger partial charge on any atom is 0.183 e. The zero-order valence-electron chi connectivity index (χ0n) is 11.2. The van der Waals surface area contributed by atoms with Gasteiger partial charge in [-0.25, -0.2) is 0 Å². The quantitative estimate of drug-likeness (QED) is 0.541. The average molecular weight is 243 g/mol. The second-order valence-corrected chi connectivity index (χ2v) is 4.61. The van der Waals surface area contributed by atoms with Gasteiger partial charge in [-0.3, -0.25) is 9.69 Å². The van der Waals surface area contributed by atoms with E-state index >= 15 is 0 Å². The summed E-state index contributed by atoms with van der Waals surface area (Å²) in [5, 5.41) is 0. The number of rotatable bonds is 7. The highest BCUT2D eigenvalue weighted by atomic mass is 16.1. The van der Waals surface area contributed by atoms with Crippen molar-refractivity contribution in [1.82, 2.24) is 4.90 Å². The normalized spacial score (nSPS) is 11.3. The minimum atomic E-state index is -0.579. The van der Waals surface area contributed by atoms with Crippen molar-refractivity contribution in [1.29, 1.82) is 0 Å². The zero-order chi connectivity index (χ0) is 13.6. The molecule has 1 aromatic carbocycles. The van der Waals surface area contributed by atoms with Gasteiger partial charge in [0.25, 0.3) is 0 Å². The molecule has 0 saturated heterocycles. The predicted molar refractivity (Wildman–Crippen MR) is 76.8 cm³/mol. The molecule has 0 aliphatic rings. The van der Waals surface area contributed by atoms with Crippen LogP contribution in [0.2, 0.25) is 0 Å². The lowest BCUT2D eigenvalue weighted by molar-refractivity contribution is 0.0690. The van der Waals surface area contributed by atoms with Gasteiger partial charge in [0.1, 0.15) is 0 Å². The first kappa shape index (κ1) is 14.4. The maximum atomic E-state index is 12.8. The summed E-state index contributed by atoms with van der Waals surface area (Å²) in [6.45, 7) is 7.55. The Bertz CT molecular complexity index is 410. The van der Waals surface area contributed by atoms with Crippen LogP contribution in [0.25, 0.3) is 0 Å². The fourth-order valence-electron chi connectivity index (χ4n) is 2.17. The molecular formula is C16H21NO. The molecule has 2 heteroatoms. The lowest BCUT2D eigenvalue weighted by atomic mass is 9.82. The van der Waals surface area contributed by atoms with E-state index in [1.54, 1.807) is 12.2 Å². The van der Waals surface area contributed by atoms with Crippen molar-refractivity contribution in [3.05, 3.63) is 61.2 Å². The standard InChI is InChI=1S/C16H21NO/c1-5-12-16(13-6-2,17(3)4)15(18)14-10-8-7-9-11-14/h5-11H,1-2,12-13H2,3-4H3. The molecule has 0 saturated carbocycles. The second kappa shape index (κ2) is 6.31. The average Bonchev–Trinajstić information content (AvgIpc) is 2.38. The van der Waals surface area contributed by atoms with Crippen molar-refractivity contribution in [3.8, 4) is 0 Å². The summed E-state index contributed by atoms with van der Waals surface area (Å²) in [5.74, 6) is 0.118. The number of nitrogens with zero attached hydrogens (tertiary/aromatic N) is 1. The molecular weight excluding hydrogens is 222 g/mol. The third-order valence-electron chi connectivity index (χ3n) is 3.28. The number of Topliss-reactive ketones (excluding diaryl/α,β-unsaturated/α-hetero) is 1. The van der Waals surface area contributed by atoms with E-state index in [1.165, 1.54) is 0 Å². The fraction of sp³-hybridized carbons (Fsp3) is 0.312. The predicted octanol–water partition coefficient (Wildman–Crippen LogP) is 3.32. The van der Waals surface area contributed by atoms with Crippen molar-refractivity contribution in [2.45, 2.75) is 18.4 Å². The third kappa shape index (κ3) is 2.77. The summed E-state index contributed by atoms with van der Waals surface area (Å²) in [4.78, 5) is 14.7. The number of likely N-dealkylation sites (N-methyl/N-ethyl adjacent to an activating group) is 1. The summed E-state index contributed by atoms with van der Waals surface area (Å²) >= 11 is 0. The summed E-state index contributed by atoms with van der Waals surface area (Å²) in [5.41, 5.74) is 0.153. The van der Waals surface area contributed by atoms with E-state index < -0.39 is 5.54 Å². The van der Waals surface area contributed by atoms with Crippen LogP contribution in [-0.2, 0) is 0 Å². The molecule has 0 radical (unpaired) electrons. The Balaban J connectivity index is 3.20. The Labute approximate surface area is 110 Å². The molecule has 18 heavy (non-hydrogen) atoms. The van der Waals surface area contributed by atoms with Gasteiger partial charge in [-0.15, -0.1) is 13.2 Å². The molecule has 0 heterocycles. The van der Waals surface area contributed by atoms with Gasteiger partial charge < -0.3 is 0 Å². The number of ketones is 1. The molecule has 0 N–H and O–H groups in total. The van der Waals surface area contributed by atoms with Gasteiger partial charge in [0, 0.05) is 5.56 Å². The largest absolute Gasteiger partial charge is 0.296 e. The van der Waals surface area contributed by atoms with Crippen molar-refractivity contribution in [2.75, 3.05) is 14.1 Å². The lowest BCUT2D eigenvalue weighted by Crippen LogP contribution is -2.50. The van der Waals surface area contributed by atoms with Crippen LogP contribution in [0.4, 0.5) is 0 Å². The van der Waals surface area contributed by atoms with Gasteiger partial charge in [-0.1, -0.05) is 42.5 Å². The molecule has 0 amide bonds. The number of carbonyl (C=O) groups excluding carboxylic acids is 1. The molecule has 0 bridgehead atoms. The van der Waals surface area contributed by atoms with Gasteiger partial charge in [-0.2, -0.15) is 0 Å². The van der Waals surface area contributed by atoms with Crippen LogP contribution in [0.3, 0.4) is 0 Å². The van der Waals surface area contributed by atoms with Crippen LogP contribution in [-0.4, -0.2) is 30.3 Å². The van der Waals surface area contributed by atoms with Crippen molar-refractivity contribution in [3.63, 3.8) is 0 Å². The van der Waals surface area contributed by atoms with Crippen LogP contribution in [0.5, 0.6) is 0 Å². The molecule has 0 fully saturated rings. The second-order valence-electron chi connectivity index (χ2n) is 4.61. The minimum Gasteiger partial charge on any atom is -0.296 e. The minimum absolute atomic E-state index is 0.118. The van der Waals surface area contributed by atoms with Crippen LogP contribution < -0.4 is 0 Å². The van der Waals surface area contributed by atoms with Gasteiger partial charge in [0.15, 0.2) is 5.78 Å². The first-order valence-electron chi connectivity index (χ1n) is 6.07. The number of hydrogen-bond acceptors (Lipinski definition) is 2. The Hall–Kier alpha value is -1.67. The van der Waals surface area contributed by atoms with Crippen LogP contribution in [0.1, 0.15) is 23.2 Å². The molecule has 96 valence electrons. The molecule has 0 spiro atoms. The smallest absolute Gasteiger partial charge is 0.183 e. The third-order valence-corrected chi connectivity index (χ3v) is 3.28. The van der Waals surface area contributed by atoms with E-state index in [1.807, 2.05) is 49.3 Å². The highest BCUT2D eigenvalue weighted by molar-refractivity contribution is 6.03. The first-order chi connectivity index (χ1) is 8.58. The molecule has 0 aromatic heterocycles. The van der Waals surface area contributed by atoms with Gasteiger partial charge in [0.2, 0.25) is 0 Å². The van der Waals surface area contributed by atoms with Crippen molar-refractivity contribution < 1.29 is 4.79 Å². The monoisotopic (exact) mass is 243 g/mol. The van der Waals surface area contributed by atoms with Crippen LogP contribution in [0, 0.1) is 0 Å². The van der Waals surface area contributed by atoms with E-state index in [4.69, 9.17) is 0 Å². The number of hydrogen-bond donors (Lipinski definition) is 0. The Morgan fingerprint density at radius 1 is 1.17 bits per heavy atom. The van der Waals surface area contributed by atoms with Crippen LogP contribution >= 0.6 is 0 Å². The van der Waals surface area contributed by atoms with E-state index in [2.05, 4.69) is 13.2 Å². The van der Waals surface area contributed by atoms with E-state index in [0.29, 0.717) is 12.8 Å². The molecule has 1 aromatic rings. The van der Waals surface area contributed by atoms with Crippen molar-refractivity contribution >= 4 is 5.78 Å². The molecule has 0 unspecified atom stereocenters. The van der Waals surface area contributed by atoms with E-state index in [9.17, 15) is 4.79 Å². The van der Waals surface area contributed by atoms with E-state index in [0.717, 1.165) is 5.56 Å². The zero-order valence-corrected chi connectivity index (χ0v) is 11.2. The highest BCUT2D eigenvalue weighted by Crippen LogP contribution is 2.27. The first-order valence-corrected chi connectivity index (χ1v) is 6.07. The topological polar surface area (TPSA) is 20.3 Å². The van der Waals surface area contributed by atoms with E-state index in [-0.39, 0.29) is 5.78 Å². The van der Waals surface area contributed by atoms with Crippen molar-refractivity contribution in [2.24, 2.45) is 0 Å². The van der Waals surface area contributed by atoms with Crippen LogP contribution in [0.15, 0.2) is 55.6 Å². The maximum absolute atomic E-state index is 12.8. The highest BCUT2D eigenvalue weighted by Gasteiger charge is 2.38. The Kier molecular flexibility index (Phi) is 5.05.